The van der Waals surface area contributed by atoms with E-state index in [2.05, 4.69) is 5.32 Å². The van der Waals surface area contributed by atoms with Gasteiger partial charge in [-0.05, 0) is 45.7 Å². The summed E-state index contributed by atoms with van der Waals surface area (Å²) in [6, 6.07) is 3.16. The minimum absolute atomic E-state index is 0.212. The lowest BCUT2D eigenvalue weighted by Gasteiger charge is -2.37. The molecule has 1 aromatic rings. The van der Waals surface area contributed by atoms with Crippen LogP contribution < -0.4 is 10.2 Å². The lowest BCUT2D eigenvalue weighted by Crippen LogP contribution is -2.50. The molecule has 158 valence electrons. The molecule has 1 N–H and O–H groups in total. The molecule has 2 saturated heterocycles. The first-order valence-electron chi connectivity index (χ1n) is 9.92. The predicted molar refractivity (Wildman–Crippen MR) is 106 cm³/mol. The van der Waals surface area contributed by atoms with Crippen LogP contribution in [0.4, 0.5) is 14.9 Å². The molecule has 3 amide bonds. The molecule has 0 radical (unpaired) electrons. The van der Waals surface area contributed by atoms with Crippen LogP contribution in [0.5, 0.6) is 0 Å². The molecule has 0 spiro atoms. The van der Waals surface area contributed by atoms with Crippen molar-refractivity contribution >= 4 is 23.6 Å². The van der Waals surface area contributed by atoms with E-state index in [0.29, 0.717) is 38.2 Å². The van der Waals surface area contributed by atoms with E-state index in [1.807, 2.05) is 32.6 Å². The number of halogens is 1. The Morgan fingerprint density at radius 1 is 1.17 bits per heavy atom. The third-order valence-electron chi connectivity index (χ3n) is 5.20. The second-order valence-electron chi connectivity index (χ2n) is 8.62. The van der Waals surface area contributed by atoms with Gasteiger partial charge in [0.15, 0.2) is 0 Å². The van der Waals surface area contributed by atoms with Crippen molar-refractivity contribution in [1.29, 1.82) is 0 Å². The molecule has 1 aromatic carbocycles. The SMILES string of the molecule is Cc1cc(C2CCC(=O)NC2=O)c(F)cc1N1CCN(C(=O)OC(C)(C)C)CC1. The molecule has 2 aliphatic heterocycles. The van der Waals surface area contributed by atoms with Crippen LogP contribution in [0.1, 0.15) is 50.7 Å². The van der Waals surface area contributed by atoms with E-state index < -0.39 is 23.2 Å². The Labute approximate surface area is 170 Å². The van der Waals surface area contributed by atoms with Crippen LogP contribution in [-0.2, 0) is 14.3 Å². The Morgan fingerprint density at radius 3 is 2.41 bits per heavy atom. The summed E-state index contributed by atoms with van der Waals surface area (Å²) in [5, 5.41) is 2.28. The monoisotopic (exact) mass is 405 g/mol. The van der Waals surface area contributed by atoms with Gasteiger partial charge in [-0.1, -0.05) is 6.07 Å². The zero-order valence-corrected chi connectivity index (χ0v) is 17.4. The molecule has 8 heteroatoms. The fraction of sp³-hybridized carbons (Fsp3) is 0.571. The van der Waals surface area contributed by atoms with Crippen molar-refractivity contribution in [3.05, 3.63) is 29.1 Å². The van der Waals surface area contributed by atoms with Gasteiger partial charge in [0.05, 0.1) is 5.92 Å². The summed E-state index contributed by atoms with van der Waals surface area (Å²) in [7, 11) is 0. The van der Waals surface area contributed by atoms with Crippen LogP contribution in [0.15, 0.2) is 12.1 Å². The maximum atomic E-state index is 14.9. The van der Waals surface area contributed by atoms with Gasteiger partial charge in [-0.3, -0.25) is 14.9 Å². The molecule has 3 rings (SSSR count). The maximum absolute atomic E-state index is 14.9. The highest BCUT2D eigenvalue weighted by Crippen LogP contribution is 2.32. The number of piperidine rings is 1. The van der Waals surface area contributed by atoms with E-state index in [-0.39, 0.29) is 18.4 Å². The quantitative estimate of drug-likeness (QED) is 0.766. The van der Waals surface area contributed by atoms with Gasteiger partial charge in [-0.25, -0.2) is 9.18 Å². The Morgan fingerprint density at radius 2 is 1.83 bits per heavy atom. The van der Waals surface area contributed by atoms with E-state index in [9.17, 15) is 18.8 Å². The standard InChI is InChI=1S/C21H28FN3O4/c1-13-11-15(14-5-6-18(26)23-19(14)27)16(22)12-17(13)24-7-9-25(10-8-24)20(28)29-21(2,3)4/h11-12,14H,5-10H2,1-4H3,(H,23,26,27). The minimum atomic E-state index is -0.649. The van der Waals surface area contributed by atoms with E-state index in [1.165, 1.54) is 6.07 Å². The van der Waals surface area contributed by atoms with Crippen LogP contribution in [0.3, 0.4) is 0 Å². The zero-order chi connectivity index (χ0) is 21.3. The molecule has 1 atom stereocenters. The molecule has 1 unspecified atom stereocenters. The van der Waals surface area contributed by atoms with Gasteiger partial charge >= 0.3 is 6.09 Å². The number of nitrogens with zero attached hydrogens (tertiary/aromatic N) is 2. The van der Waals surface area contributed by atoms with Crippen molar-refractivity contribution in [3.63, 3.8) is 0 Å². The summed E-state index contributed by atoms with van der Waals surface area (Å²) in [5.74, 6) is -1.86. The van der Waals surface area contributed by atoms with E-state index >= 15 is 0 Å². The smallest absolute Gasteiger partial charge is 0.410 e. The number of anilines is 1. The molecule has 2 aliphatic rings. The normalized spacial score (nSPS) is 20.5. The lowest BCUT2D eigenvalue weighted by molar-refractivity contribution is -0.134. The number of carbonyl (C=O) groups excluding carboxylic acids is 3. The average Bonchev–Trinajstić information content (AvgIpc) is 2.62. The lowest BCUT2D eigenvalue weighted by atomic mass is 9.89. The number of hydrogen-bond donors (Lipinski definition) is 1. The molecule has 29 heavy (non-hydrogen) atoms. The number of hydrogen-bond acceptors (Lipinski definition) is 5. The molecule has 2 fully saturated rings. The molecule has 2 heterocycles. The number of imide groups is 1. The van der Waals surface area contributed by atoms with E-state index in [1.54, 1.807) is 11.0 Å². The molecule has 0 bridgehead atoms. The van der Waals surface area contributed by atoms with Crippen LogP contribution in [0.2, 0.25) is 0 Å². The number of piperazine rings is 1. The Hall–Kier alpha value is -2.64. The number of carbonyl (C=O) groups is 3. The van der Waals surface area contributed by atoms with Crippen LogP contribution in [0.25, 0.3) is 0 Å². The number of ether oxygens (including phenoxy) is 1. The van der Waals surface area contributed by atoms with Crippen molar-refractivity contribution in [2.45, 2.75) is 52.1 Å². The minimum Gasteiger partial charge on any atom is -0.444 e. The Bertz CT molecular complexity index is 826. The van der Waals surface area contributed by atoms with Crippen molar-refractivity contribution in [2.75, 3.05) is 31.1 Å². The number of aryl methyl sites for hydroxylation is 1. The molecule has 7 nitrogen and oxygen atoms in total. The number of nitrogens with one attached hydrogen (secondary N) is 1. The largest absolute Gasteiger partial charge is 0.444 e. The summed E-state index contributed by atoms with van der Waals surface area (Å²) in [5.41, 5.74) is 1.39. The van der Waals surface area contributed by atoms with Gasteiger partial charge in [-0.15, -0.1) is 0 Å². The number of rotatable bonds is 2. The summed E-state index contributed by atoms with van der Waals surface area (Å²) in [6.07, 6.45) is 0.186. The highest BCUT2D eigenvalue weighted by molar-refractivity contribution is 6.01. The van der Waals surface area contributed by atoms with Crippen molar-refractivity contribution in [3.8, 4) is 0 Å². The molecular formula is C21H28FN3O4. The van der Waals surface area contributed by atoms with Gasteiger partial charge in [0, 0.05) is 43.9 Å². The summed E-state index contributed by atoms with van der Waals surface area (Å²) >= 11 is 0. The third-order valence-corrected chi connectivity index (χ3v) is 5.20. The topological polar surface area (TPSA) is 79.0 Å². The maximum Gasteiger partial charge on any atom is 0.410 e. The zero-order valence-electron chi connectivity index (χ0n) is 17.4. The second kappa shape index (κ2) is 8.00. The van der Waals surface area contributed by atoms with Crippen LogP contribution >= 0.6 is 0 Å². The third kappa shape index (κ3) is 4.86. The van der Waals surface area contributed by atoms with Gasteiger partial charge < -0.3 is 14.5 Å². The first kappa shape index (κ1) is 21.1. The van der Waals surface area contributed by atoms with Gasteiger partial charge in [0.2, 0.25) is 11.8 Å². The fourth-order valence-electron chi connectivity index (χ4n) is 3.75. The van der Waals surface area contributed by atoms with Crippen LogP contribution in [0, 0.1) is 12.7 Å². The highest BCUT2D eigenvalue weighted by Gasteiger charge is 2.31. The van der Waals surface area contributed by atoms with E-state index in [0.717, 1.165) is 11.3 Å². The average molecular weight is 405 g/mol. The van der Waals surface area contributed by atoms with Gasteiger partial charge in [0.25, 0.3) is 0 Å². The number of amides is 3. The first-order valence-corrected chi connectivity index (χ1v) is 9.92. The summed E-state index contributed by atoms with van der Waals surface area (Å²) in [6.45, 7) is 9.49. The second-order valence-corrected chi connectivity index (χ2v) is 8.62. The van der Waals surface area contributed by atoms with E-state index in [4.69, 9.17) is 4.74 Å². The van der Waals surface area contributed by atoms with Crippen LogP contribution in [-0.4, -0.2) is 54.6 Å². The Kier molecular flexibility index (Phi) is 5.82. The van der Waals surface area contributed by atoms with Crippen molar-refractivity contribution in [1.82, 2.24) is 10.2 Å². The van der Waals surface area contributed by atoms with Gasteiger partial charge in [-0.2, -0.15) is 0 Å². The Balaban J connectivity index is 1.70. The van der Waals surface area contributed by atoms with Crippen molar-refractivity contribution < 1.29 is 23.5 Å². The first-order chi connectivity index (χ1) is 13.5. The van der Waals surface area contributed by atoms with Crippen molar-refractivity contribution in [2.24, 2.45) is 0 Å². The highest BCUT2D eigenvalue weighted by atomic mass is 19.1. The molecule has 0 aliphatic carbocycles. The summed E-state index contributed by atoms with van der Waals surface area (Å²) in [4.78, 5) is 39.3. The molecule has 0 saturated carbocycles. The number of benzene rings is 1. The molecular weight excluding hydrogens is 377 g/mol. The molecule has 0 aromatic heterocycles. The predicted octanol–water partition coefficient (Wildman–Crippen LogP) is 2.71. The fourth-order valence-corrected chi connectivity index (χ4v) is 3.75. The summed E-state index contributed by atoms with van der Waals surface area (Å²) < 4.78 is 20.3. The van der Waals surface area contributed by atoms with Gasteiger partial charge in [0.1, 0.15) is 11.4 Å².